The Morgan fingerprint density at radius 3 is 1.43 bits per heavy atom. The Morgan fingerprint density at radius 2 is 1.06 bits per heavy atom. The van der Waals surface area contributed by atoms with Gasteiger partial charge in [-0.05, 0) is 37.5 Å². The summed E-state index contributed by atoms with van der Waals surface area (Å²) in [5.41, 5.74) is -3.44. The Morgan fingerprint density at radius 1 is 0.660 bits per heavy atom. The summed E-state index contributed by atoms with van der Waals surface area (Å²) in [6.45, 7) is 14.9. The average molecular weight is 745 g/mol. The molecule has 8 amide bonds. The Bertz CT molecular complexity index is 1420. The van der Waals surface area contributed by atoms with Gasteiger partial charge in [-0.3, -0.25) is 58.4 Å². The molecule has 4 aliphatic rings. The van der Waals surface area contributed by atoms with Gasteiger partial charge in [-0.25, -0.2) is 0 Å². The third kappa shape index (κ3) is 8.82. The number of carbonyl (C=O) groups excluding carboxylic acids is 8. The summed E-state index contributed by atoms with van der Waals surface area (Å²) in [5.74, 6) is -3.49. The van der Waals surface area contributed by atoms with Gasteiger partial charge < -0.3 is 15.7 Å². The molecule has 4 unspecified atom stereocenters. The van der Waals surface area contributed by atoms with E-state index in [4.69, 9.17) is 0 Å². The Kier molecular flexibility index (Phi) is 13.0. The first kappa shape index (κ1) is 42.0. The quantitative estimate of drug-likeness (QED) is 0.131. The molecular formula is C38H60N6O9. The minimum absolute atomic E-state index is 0.00611. The zero-order chi connectivity index (χ0) is 39.6. The Labute approximate surface area is 312 Å². The predicted octanol–water partition coefficient (Wildman–Crippen LogP) is 1.18. The number of likely N-dealkylation sites (tertiary alicyclic amines) is 3. The largest absolute Gasteiger partial charge is 0.378 e. The molecule has 3 heterocycles. The first-order chi connectivity index (χ1) is 24.7. The SMILES string of the molecule is CCC1CC(=O)N(CCNC(O)[C@@]2(C)C[C@@](C)(C(=O)NCCN3C(=O)CC(C(C)C)C3=O)C[C@@](C)(C(=O)NCCN3C(=O)CC(C(C)C)C3=O)C2)C1=O. The van der Waals surface area contributed by atoms with Gasteiger partial charge in [0.2, 0.25) is 47.3 Å². The molecule has 0 spiro atoms. The Balaban J connectivity index is 1.47. The van der Waals surface area contributed by atoms with Crippen molar-refractivity contribution in [2.24, 2.45) is 45.8 Å². The molecule has 7 atom stereocenters. The number of nitrogens with one attached hydrogen (secondary N) is 3. The van der Waals surface area contributed by atoms with Crippen molar-refractivity contribution >= 4 is 47.3 Å². The highest BCUT2D eigenvalue weighted by atomic mass is 16.3. The fourth-order valence-corrected chi connectivity index (χ4v) is 9.13. The molecule has 0 radical (unpaired) electrons. The molecule has 0 aromatic carbocycles. The van der Waals surface area contributed by atoms with Crippen LogP contribution in [0.3, 0.4) is 0 Å². The molecule has 296 valence electrons. The van der Waals surface area contributed by atoms with Crippen molar-refractivity contribution in [1.82, 2.24) is 30.7 Å². The molecule has 4 fully saturated rings. The zero-order valence-electron chi connectivity index (χ0n) is 32.7. The summed E-state index contributed by atoms with van der Waals surface area (Å²) < 4.78 is 0. The molecule has 1 aliphatic carbocycles. The van der Waals surface area contributed by atoms with E-state index in [0.29, 0.717) is 6.42 Å². The molecule has 1 saturated carbocycles. The van der Waals surface area contributed by atoms with E-state index in [2.05, 4.69) is 16.0 Å². The van der Waals surface area contributed by atoms with Crippen LogP contribution in [0.2, 0.25) is 0 Å². The molecular weight excluding hydrogens is 684 g/mol. The Hall–Kier alpha value is -3.72. The summed E-state index contributed by atoms with van der Waals surface area (Å²) in [4.78, 5) is 108. The van der Waals surface area contributed by atoms with Gasteiger partial charge in [-0.15, -0.1) is 0 Å². The minimum atomic E-state index is -1.24. The smallest absolute Gasteiger partial charge is 0.233 e. The van der Waals surface area contributed by atoms with E-state index in [1.165, 1.54) is 14.7 Å². The maximum absolute atomic E-state index is 14.0. The maximum Gasteiger partial charge on any atom is 0.233 e. The first-order valence-corrected chi connectivity index (χ1v) is 19.2. The van der Waals surface area contributed by atoms with Gasteiger partial charge >= 0.3 is 0 Å². The van der Waals surface area contributed by atoms with Crippen LogP contribution in [0.15, 0.2) is 0 Å². The normalized spacial score (nSPS) is 31.5. The highest BCUT2D eigenvalue weighted by Crippen LogP contribution is 2.55. The van der Waals surface area contributed by atoms with Gasteiger partial charge in [0.05, 0.1) is 0 Å². The molecule has 3 saturated heterocycles. The lowest BCUT2D eigenvalue weighted by atomic mass is 9.53. The number of aliphatic hydroxyl groups is 1. The lowest BCUT2D eigenvalue weighted by molar-refractivity contribution is -0.156. The third-order valence-electron chi connectivity index (χ3n) is 12.0. The molecule has 15 heteroatoms. The second-order valence-corrected chi connectivity index (χ2v) is 17.2. The van der Waals surface area contributed by atoms with Crippen LogP contribution >= 0.6 is 0 Å². The van der Waals surface area contributed by atoms with Crippen LogP contribution in [-0.2, 0) is 38.4 Å². The molecule has 0 bridgehead atoms. The third-order valence-corrected chi connectivity index (χ3v) is 12.0. The van der Waals surface area contributed by atoms with Crippen LogP contribution < -0.4 is 16.0 Å². The van der Waals surface area contributed by atoms with Crippen molar-refractivity contribution in [2.45, 2.75) is 107 Å². The summed E-state index contributed by atoms with van der Waals surface area (Å²) >= 11 is 0. The number of hydrogen-bond donors (Lipinski definition) is 4. The topological polar surface area (TPSA) is 203 Å². The van der Waals surface area contributed by atoms with Gasteiger partial charge in [0.1, 0.15) is 6.23 Å². The van der Waals surface area contributed by atoms with Crippen molar-refractivity contribution in [3.63, 3.8) is 0 Å². The monoisotopic (exact) mass is 744 g/mol. The average Bonchev–Trinajstić information content (AvgIpc) is 3.64. The fraction of sp³-hybridized carbons (Fsp3) is 0.789. The maximum atomic E-state index is 14.0. The second-order valence-electron chi connectivity index (χ2n) is 17.2. The number of nitrogens with zero attached hydrogens (tertiary/aromatic N) is 3. The van der Waals surface area contributed by atoms with Crippen LogP contribution in [0.5, 0.6) is 0 Å². The van der Waals surface area contributed by atoms with Crippen molar-refractivity contribution in [2.75, 3.05) is 39.3 Å². The lowest BCUT2D eigenvalue weighted by Gasteiger charge is -2.53. The highest BCUT2D eigenvalue weighted by molar-refractivity contribution is 6.05. The zero-order valence-corrected chi connectivity index (χ0v) is 32.7. The van der Waals surface area contributed by atoms with Crippen molar-refractivity contribution in [3.8, 4) is 0 Å². The first-order valence-electron chi connectivity index (χ1n) is 19.2. The molecule has 0 aromatic rings. The van der Waals surface area contributed by atoms with E-state index >= 15 is 0 Å². The van der Waals surface area contributed by atoms with Crippen LogP contribution in [-0.4, -0.2) is 113 Å². The minimum Gasteiger partial charge on any atom is -0.378 e. The number of amides is 8. The fourth-order valence-electron chi connectivity index (χ4n) is 9.13. The highest BCUT2D eigenvalue weighted by Gasteiger charge is 2.57. The van der Waals surface area contributed by atoms with Crippen molar-refractivity contribution in [1.29, 1.82) is 0 Å². The summed E-state index contributed by atoms with van der Waals surface area (Å²) in [6, 6.07) is 0. The van der Waals surface area contributed by atoms with Crippen LogP contribution in [0.1, 0.15) is 100 Å². The van der Waals surface area contributed by atoms with E-state index in [1.807, 2.05) is 34.6 Å². The summed E-state index contributed by atoms with van der Waals surface area (Å²) in [6.07, 6.45) is 0.170. The van der Waals surface area contributed by atoms with E-state index < -0.39 is 46.1 Å². The van der Waals surface area contributed by atoms with Crippen molar-refractivity contribution < 1.29 is 43.5 Å². The van der Waals surface area contributed by atoms with Gasteiger partial charge in [0.15, 0.2) is 0 Å². The molecule has 0 aromatic heterocycles. The predicted molar refractivity (Wildman–Crippen MR) is 193 cm³/mol. The van der Waals surface area contributed by atoms with E-state index in [-0.39, 0.29) is 131 Å². The van der Waals surface area contributed by atoms with Crippen LogP contribution in [0.25, 0.3) is 0 Å². The number of aliphatic hydroxyl groups excluding tert-OH is 1. The van der Waals surface area contributed by atoms with Crippen LogP contribution in [0, 0.1) is 45.8 Å². The standard InChI is InChI=1S/C38H60N6O9/c1-9-24-16-27(45)42(30(24)48)13-10-39-33(51)36(6)19-37(7,34(52)40-11-14-43-28(46)17-25(22(2)3)31(43)49)21-38(8,20-36)35(53)41-12-15-44-29(47)18-26(23(4)5)32(44)50/h22-26,33,39,51H,9-21H2,1-8H3,(H,40,52)(H,41,53)/t24?,25?,26?,33?,36-,37+,38-. The van der Waals surface area contributed by atoms with E-state index in [9.17, 15) is 43.5 Å². The molecule has 53 heavy (non-hydrogen) atoms. The number of hydrogen-bond acceptors (Lipinski definition) is 10. The molecule has 4 N–H and O–H groups in total. The number of rotatable bonds is 16. The van der Waals surface area contributed by atoms with Gasteiger partial charge in [-0.1, -0.05) is 55.4 Å². The lowest BCUT2D eigenvalue weighted by Crippen LogP contribution is -2.60. The summed E-state index contributed by atoms with van der Waals surface area (Å²) in [7, 11) is 0. The van der Waals surface area contributed by atoms with Gasteiger partial charge in [0, 0.05) is 92.5 Å². The van der Waals surface area contributed by atoms with Gasteiger partial charge in [-0.2, -0.15) is 0 Å². The number of carbonyl (C=O) groups is 8. The van der Waals surface area contributed by atoms with E-state index in [0.717, 1.165) is 0 Å². The van der Waals surface area contributed by atoms with E-state index in [1.54, 1.807) is 20.8 Å². The van der Waals surface area contributed by atoms with Gasteiger partial charge in [0.25, 0.3) is 0 Å². The molecule has 3 aliphatic heterocycles. The molecule has 15 nitrogen and oxygen atoms in total. The summed E-state index contributed by atoms with van der Waals surface area (Å²) in [5, 5.41) is 20.4. The number of imide groups is 3. The van der Waals surface area contributed by atoms with Crippen molar-refractivity contribution in [3.05, 3.63) is 0 Å². The molecule has 4 rings (SSSR count). The second kappa shape index (κ2) is 16.3. The van der Waals surface area contributed by atoms with Crippen LogP contribution in [0.4, 0.5) is 0 Å².